The fourth-order valence-electron chi connectivity index (χ4n) is 0.915. The summed E-state index contributed by atoms with van der Waals surface area (Å²) in [5, 5.41) is 0. The third kappa shape index (κ3) is 4.79. The van der Waals surface area contributed by atoms with Crippen LogP contribution in [-0.2, 0) is 0 Å². The van der Waals surface area contributed by atoms with Crippen LogP contribution in [0.5, 0.6) is 5.75 Å². The minimum Gasteiger partial charge on any atom is -0.494 e. The highest BCUT2D eigenvalue weighted by atomic mass is 127. The third-order valence-electron chi connectivity index (χ3n) is 1.52. The standard InChI is InChI=1S/C11H11IO/c12-9-5-2-6-10-13-11-7-3-1-4-8-11/h1,3-4,7-8H,2,6,10H2. The summed E-state index contributed by atoms with van der Waals surface area (Å²) >= 11 is 2.05. The fraction of sp³-hybridized carbons (Fsp3) is 0.273. The normalized spacial score (nSPS) is 8.69. The number of para-hydroxylation sites is 1. The van der Waals surface area contributed by atoms with E-state index in [1.54, 1.807) is 0 Å². The Kier molecular flexibility index (Phi) is 5.42. The van der Waals surface area contributed by atoms with Gasteiger partial charge >= 0.3 is 0 Å². The van der Waals surface area contributed by atoms with Crippen molar-refractivity contribution in [3.05, 3.63) is 30.3 Å². The van der Waals surface area contributed by atoms with E-state index in [4.69, 9.17) is 4.74 Å². The van der Waals surface area contributed by atoms with Gasteiger partial charge in [-0.05, 0) is 22.5 Å². The van der Waals surface area contributed by atoms with Crippen molar-refractivity contribution in [3.63, 3.8) is 0 Å². The lowest BCUT2D eigenvalue weighted by Gasteiger charge is -2.03. The van der Waals surface area contributed by atoms with Gasteiger partial charge in [0.1, 0.15) is 5.75 Å². The monoisotopic (exact) mass is 286 g/mol. The molecule has 0 aliphatic carbocycles. The molecule has 1 nitrogen and oxygen atoms in total. The van der Waals surface area contributed by atoms with Crippen LogP contribution in [0, 0.1) is 9.85 Å². The summed E-state index contributed by atoms with van der Waals surface area (Å²) in [4.78, 5) is 0. The molecule has 0 radical (unpaired) electrons. The second kappa shape index (κ2) is 6.79. The van der Waals surface area contributed by atoms with E-state index < -0.39 is 0 Å². The average Bonchev–Trinajstić information content (AvgIpc) is 2.19. The molecule has 1 rings (SSSR count). The van der Waals surface area contributed by atoms with Crippen molar-refractivity contribution in [2.75, 3.05) is 6.61 Å². The first-order valence-corrected chi connectivity index (χ1v) is 5.27. The van der Waals surface area contributed by atoms with Crippen LogP contribution >= 0.6 is 22.6 Å². The van der Waals surface area contributed by atoms with Crippen molar-refractivity contribution >= 4 is 22.6 Å². The lowest BCUT2D eigenvalue weighted by Crippen LogP contribution is -1.95. The van der Waals surface area contributed by atoms with Gasteiger partial charge in [0.15, 0.2) is 0 Å². The molecule has 0 saturated carbocycles. The Morgan fingerprint density at radius 1 is 1.23 bits per heavy atom. The highest BCUT2D eigenvalue weighted by Gasteiger charge is 1.89. The van der Waals surface area contributed by atoms with Gasteiger partial charge in [-0.25, -0.2) is 0 Å². The number of ether oxygens (including phenoxy) is 1. The zero-order valence-corrected chi connectivity index (χ0v) is 9.45. The molecule has 0 N–H and O–H groups in total. The van der Waals surface area contributed by atoms with Gasteiger partial charge < -0.3 is 4.74 Å². The molecule has 0 spiro atoms. The molecule has 0 aromatic heterocycles. The maximum absolute atomic E-state index is 5.48. The van der Waals surface area contributed by atoms with Gasteiger partial charge in [0, 0.05) is 29.0 Å². The van der Waals surface area contributed by atoms with Crippen molar-refractivity contribution < 1.29 is 4.74 Å². The molecule has 1 aromatic carbocycles. The number of hydrogen-bond acceptors (Lipinski definition) is 1. The van der Waals surface area contributed by atoms with E-state index in [1.165, 1.54) is 0 Å². The Morgan fingerprint density at radius 3 is 2.69 bits per heavy atom. The largest absolute Gasteiger partial charge is 0.494 e. The quantitative estimate of drug-likeness (QED) is 0.469. The molecule has 1 aromatic rings. The molecule has 0 fully saturated rings. The highest BCUT2D eigenvalue weighted by molar-refractivity contribution is 14.1. The molecule has 0 amide bonds. The molecule has 13 heavy (non-hydrogen) atoms. The van der Waals surface area contributed by atoms with Gasteiger partial charge in [0.25, 0.3) is 0 Å². The van der Waals surface area contributed by atoms with Crippen LogP contribution in [0.25, 0.3) is 0 Å². The second-order valence-electron chi connectivity index (χ2n) is 2.54. The van der Waals surface area contributed by atoms with Crippen LogP contribution in [0.1, 0.15) is 12.8 Å². The maximum Gasteiger partial charge on any atom is 0.119 e. The number of benzene rings is 1. The molecule has 0 heterocycles. The molecule has 2 heteroatoms. The minimum absolute atomic E-state index is 0.745. The Bertz CT molecular complexity index is 284. The van der Waals surface area contributed by atoms with E-state index in [2.05, 4.69) is 9.85 Å². The van der Waals surface area contributed by atoms with Gasteiger partial charge in [-0.2, -0.15) is 0 Å². The second-order valence-corrected chi connectivity index (χ2v) is 3.08. The lowest BCUT2D eigenvalue weighted by molar-refractivity contribution is 0.313. The first kappa shape index (κ1) is 10.4. The molecule has 0 aliphatic rings. The van der Waals surface area contributed by atoms with Crippen LogP contribution in [0.3, 0.4) is 0 Å². The molecular weight excluding hydrogens is 275 g/mol. The molecule has 0 bridgehead atoms. The third-order valence-corrected chi connectivity index (χ3v) is 1.91. The summed E-state index contributed by atoms with van der Waals surface area (Å²) in [6, 6.07) is 9.85. The van der Waals surface area contributed by atoms with Crippen LogP contribution in [0.2, 0.25) is 0 Å². The van der Waals surface area contributed by atoms with E-state index in [0.717, 1.165) is 25.2 Å². The van der Waals surface area contributed by atoms with Gasteiger partial charge in [0.2, 0.25) is 0 Å². The summed E-state index contributed by atoms with van der Waals surface area (Å²) in [5.41, 5.74) is 0. The zero-order chi connectivity index (χ0) is 9.36. The number of hydrogen-bond donors (Lipinski definition) is 0. The highest BCUT2D eigenvalue weighted by Crippen LogP contribution is 2.08. The predicted octanol–water partition coefficient (Wildman–Crippen LogP) is 3.24. The lowest BCUT2D eigenvalue weighted by atomic mass is 10.3. The van der Waals surface area contributed by atoms with Crippen molar-refractivity contribution in [2.45, 2.75) is 12.8 Å². The topological polar surface area (TPSA) is 9.23 Å². The molecule has 0 unspecified atom stereocenters. The van der Waals surface area contributed by atoms with Gasteiger partial charge in [-0.15, -0.1) is 0 Å². The summed E-state index contributed by atoms with van der Waals surface area (Å²) < 4.78 is 8.31. The van der Waals surface area contributed by atoms with Gasteiger partial charge in [-0.3, -0.25) is 0 Å². The fourth-order valence-corrected chi connectivity index (χ4v) is 1.18. The Balaban J connectivity index is 2.16. The number of halogens is 1. The first-order chi connectivity index (χ1) is 6.43. The molecule has 0 atom stereocenters. The Labute approximate surface area is 92.6 Å². The molecular formula is C11H11IO. The van der Waals surface area contributed by atoms with Crippen molar-refractivity contribution in [2.24, 2.45) is 0 Å². The minimum atomic E-state index is 0.745. The summed E-state index contributed by atoms with van der Waals surface area (Å²) in [6.07, 6.45) is 1.90. The van der Waals surface area contributed by atoms with Crippen molar-refractivity contribution in [3.8, 4) is 15.6 Å². The Morgan fingerprint density at radius 2 is 2.00 bits per heavy atom. The van der Waals surface area contributed by atoms with E-state index >= 15 is 0 Å². The Hall–Kier alpha value is -0.690. The van der Waals surface area contributed by atoms with Crippen LogP contribution in [-0.4, -0.2) is 6.61 Å². The van der Waals surface area contributed by atoms with E-state index in [1.807, 2.05) is 52.9 Å². The summed E-state index contributed by atoms with van der Waals surface area (Å²) in [5.74, 6) is 3.93. The van der Waals surface area contributed by atoms with E-state index in [9.17, 15) is 0 Å². The van der Waals surface area contributed by atoms with Gasteiger partial charge in [0.05, 0.1) is 6.61 Å². The number of unbranched alkanes of at least 4 members (excludes halogenated alkanes) is 1. The molecule has 0 saturated heterocycles. The molecule has 0 aliphatic heterocycles. The SMILES string of the molecule is IC#CCCCOc1ccccc1. The van der Waals surface area contributed by atoms with E-state index in [-0.39, 0.29) is 0 Å². The summed E-state index contributed by atoms with van der Waals surface area (Å²) in [6.45, 7) is 0.745. The van der Waals surface area contributed by atoms with Crippen LogP contribution in [0.15, 0.2) is 30.3 Å². The van der Waals surface area contributed by atoms with Gasteiger partial charge in [-0.1, -0.05) is 24.1 Å². The van der Waals surface area contributed by atoms with Crippen LogP contribution in [0.4, 0.5) is 0 Å². The maximum atomic E-state index is 5.48. The first-order valence-electron chi connectivity index (χ1n) is 4.20. The van der Waals surface area contributed by atoms with Crippen molar-refractivity contribution in [1.82, 2.24) is 0 Å². The predicted molar refractivity (Wildman–Crippen MR) is 63.0 cm³/mol. The summed E-state index contributed by atoms with van der Waals surface area (Å²) in [7, 11) is 0. The smallest absolute Gasteiger partial charge is 0.119 e. The average molecular weight is 286 g/mol. The van der Waals surface area contributed by atoms with E-state index in [0.29, 0.717) is 0 Å². The van der Waals surface area contributed by atoms with Crippen molar-refractivity contribution in [1.29, 1.82) is 0 Å². The zero-order valence-electron chi connectivity index (χ0n) is 7.29. The molecule has 68 valence electrons. The number of rotatable bonds is 4. The van der Waals surface area contributed by atoms with Crippen LogP contribution < -0.4 is 4.74 Å².